The highest BCUT2D eigenvalue weighted by Gasteiger charge is 2.43. The number of ether oxygens (including phenoxy) is 1. The molecule has 7 nitrogen and oxygen atoms in total. The maximum absolute atomic E-state index is 13.9. The predicted octanol–water partition coefficient (Wildman–Crippen LogP) is 5.85. The van der Waals surface area contributed by atoms with Gasteiger partial charge in [0, 0.05) is 6.04 Å². The molecule has 3 amide bonds. The summed E-state index contributed by atoms with van der Waals surface area (Å²) in [4.78, 5) is 41.7. The smallest absolute Gasteiger partial charge is 0.408 e. The molecule has 3 rings (SSSR count). The van der Waals surface area contributed by atoms with Crippen molar-refractivity contribution in [1.82, 2.24) is 10.2 Å². The number of benzene rings is 2. The summed E-state index contributed by atoms with van der Waals surface area (Å²) in [5, 5.41) is 6.03. The molecule has 0 saturated heterocycles. The molecule has 36 heavy (non-hydrogen) atoms. The number of anilines is 1. The van der Waals surface area contributed by atoms with Gasteiger partial charge >= 0.3 is 6.09 Å². The topological polar surface area (TPSA) is 87.7 Å². The lowest BCUT2D eigenvalue weighted by molar-refractivity contribution is -0.141. The van der Waals surface area contributed by atoms with Crippen LogP contribution in [0.2, 0.25) is 5.02 Å². The first-order valence-corrected chi connectivity index (χ1v) is 12.6. The first kappa shape index (κ1) is 27.5. The molecule has 2 N–H and O–H groups in total. The monoisotopic (exact) mass is 513 g/mol. The van der Waals surface area contributed by atoms with E-state index in [4.69, 9.17) is 16.3 Å². The number of carbonyl (C=O) groups is 3. The average molecular weight is 514 g/mol. The molecular formula is C28H36ClN3O4. The van der Waals surface area contributed by atoms with Crippen LogP contribution in [-0.2, 0) is 14.3 Å². The number of aryl methyl sites for hydroxylation is 2. The molecule has 0 bridgehead atoms. The number of nitrogens with zero attached hydrogens (tertiary/aromatic N) is 1. The summed E-state index contributed by atoms with van der Waals surface area (Å²) in [7, 11) is 0. The number of alkyl carbamates (subject to hydrolysis) is 1. The van der Waals surface area contributed by atoms with E-state index in [-0.39, 0.29) is 17.9 Å². The summed E-state index contributed by atoms with van der Waals surface area (Å²) in [6, 6.07) is 9.24. The summed E-state index contributed by atoms with van der Waals surface area (Å²) >= 11 is 6.40. The van der Waals surface area contributed by atoms with E-state index in [9.17, 15) is 14.4 Å². The van der Waals surface area contributed by atoms with Gasteiger partial charge in [0.2, 0.25) is 5.91 Å². The van der Waals surface area contributed by atoms with E-state index in [1.165, 1.54) is 0 Å². The number of nitrogens with one attached hydrogen (secondary N) is 2. The third-order valence-electron chi connectivity index (χ3n) is 6.24. The van der Waals surface area contributed by atoms with Gasteiger partial charge in [-0.15, -0.1) is 0 Å². The molecule has 1 fully saturated rings. The van der Waals surface area contributed by atoms with Crippen molar-refractivity contribution in [2.75, 3.05) is 5.32 Å². The number of para-hydroxylation sites is 1. The van der Waals surface area contributed by atoms with Gasteiger partial charge in [0.15, 0.2) is 0 Å². The Morgan fingerprint density at radius 3 is 2.22 bits per heavy atom. The molecule has 194 valence electrons. The molecule has 8 heteroatoms. The van der Waals surface area contributed by atoms with E-state index in [0.29, 0.717) is 10.7 Å². The highest BCUT2D eigenvalue weighted by atomic mass is 35.5. The quantitative estimate of drug-likeness (QED) is 0.486. The van der Waals surface area contributed by atoms with Crippen LogP contribution in [0.15, 0.2) is 36.4 Å². The Morgan fingerprint density at radius 1 is 1.03 bits per heavy atom. The molecule has 2 aromatic rings. The lowest BCUT2D eigenvalue weighted by Gasteiger charge is -2.35. The van der Waals surface area contributed by atoms with Gasteiger partial charge in [-0.05, 0) is 89.6 Å². The molecule has 1 aliphatic carbocycles. The van der Waals surface area contributed by atoms with Gasteiger partial charge in [-0.25, -0.2) is 4.79 Å². The molecular weight excluding hydrogens is 478 g/mol. The number of hydrogen-bond donors (Lipinski definition) is 2. The van der Waals surface area contributed by atoms with Crippen molar-refractivity contribution in [3.05, 3.63) is 63.7 Å². The van der Waals surface area contributed by atoms with Crippen LogP contribution in [0.25, 0.3) is 0 Å². The van der Waals surface area contributed by atoms with Gasteiger partial charge in [0.05, 0.1) is 10.7 Å². The Morgan fingerprint density at radius 2 is 1.64 bits per heavy atom. The van der Waals surface area contributed by atoms with Crippen molar-refractivity contribution < 1.29 is 19.1 Å². The van der Waals surface area contributed by atoms with Crippen LogP contribution in [0, 0.1) is 20.8 Å². The van der Waals surface area contributed by atoms with E-state index >= 15 is 0 Å². The van der Waals surface area contributed by atoms with Crippen molar-refractivity contribution in [2.24, 2.45) is 0 Å². The van der Waals surface area contributed by atoms with Gasteiger partial charge in [0.1, 0.15) is 17.7 Å². The second-order valence-electron chi connectivity index (χ2n) is 10.5. The van der Waals surface area contributed by atoms with Gasteiger partial charge in [-0.3, -0.25) is 9.59 Å². The zero-order valence-electron chi connectivity index (χ0n) is 22.1. The molecule has 2 atom stereocenters. The van der Waals surface area contributed by atoms with Crippen LogP contribution in [0.4, 0.5) is 10.5 Å². The molecule has 0 radical (unpaired) electrons. The predicted molar refractivity (Wildman–Crippen MR) is 142 cm³/mol. The summed E-state index contributed by atoms with van der Waals surface area (Å²) in [6.45, 7) is 12.7. The molecule has 1 saturated carbocycles. The Balaban J connectivity index is 1.99. The largest absolute Gasteiger partial charge is 0.444 e. The molecule has 0 spiro atoms. The minimum Gasteiger partial charge on any atom is -0.444 e. The van der Waals surface area contributed by atoms with E-state index < -0.39 is 23.8 Å². The minimum atomic E-state index is -0.900. The van der Waals surface area contributed by atoms with Gasteiger partial charge in [-0.2, -0.15) is 0 Å². The fourth-order valence-electron chi connectivity index (χ4n) is 4.11. The van der Waals surface area contributed by atoms with Crippen LogP contribution < -0.4 is 10.6 Å². The van der Waals surface area contributed by atoms with Crippen LogP contribution in [0.1, 0.15) is 68.8 Å². The molecule has 0 aromatic heterocycles. The van der Waals surface area contributed by atoms with Crippen LogP contribution >= 0.6 is 11.6 Å². The van der Waals surface area contributed by atoms with Gasteiger partial charge in [0.25, 0.3) is 5.91 Å². The molecule has 0 heterocycles. The Kier molecular flexibility index (Phi) is 8.34. The Labute approximate surface area is 218 Å². The Hall–Kier alpha value is -3.06. The number of hydrogen-bond acceptors (Lipinski definition) is 4. The fraction of sp³-hybridized carbons (Fsp3) is 0.464. The van der Waals surface area contributed by atoms with Crippen molar-refractivity contribution in [1.29, 1.82) is 0 Å². The lowest BCUT2D eigenvalue weighted by atomic mass is 9.94. The SMILES string of the molecule is Cc1cccc(C(C(=O)Nc2c(C)cccc2Cl)N(C(=O)C(C)NC(=O)OC(C)(C)C)C2CC2)c1C. The minimum absolute atomic E-state index is 0.108. The second-order valence-corrected chi connectivity index (χ2v) is 10.9. The normalized spacial score (nSPS) is 15.0. The first-order valence-electron chi connectivity index (χ1n) is 12.2. The first-order chi connectivity index (χ1) is 16.8. The summed E-state index contributed by atoms with van der Waals surface area (Å²) < 4.78 is 5.33. The van der Waals surface area contributed by atoms with E-state index in [2.05, 4.69) is 10.6 Å². The van der Waals surface area contributed by atoms with Crippen molar-refractivity contribution in [3.63, 3.8) is 0 Å². The maximum atomic E-state index is 13.9. The van der Waals surface area contributed by atoms with Crippen molar-refractivity contribution in [2.45, 2.75) is 85.0 Å². The average Bonchev–Trinajstić information content (AvgIpc) is 3.60. The molecule has 1 aliphatic rings. The summed E-state index contributed by atoms with van der Waals surface area (Å²) in [6.07, 6.45) is 0.883. The standard InChI is InChI=1S/C28H36ClN3O4/c1-16-10-8-12-21(18(16)3)24(25(33)31-23-17(2)11-9-13-22(23)29)32(20-14-15-20)26(34)19(4)30-27(35)36-28(5,6)7/h8-13,19-20,24H,14-15H2,1-7H3,(H,30,35)(H,31,33). The van der Waals surface area contributed by atoms with Crippen LogP contribution in [0.5, 0.6) is 0 Å². The number of rotatable bonds is 7. The highest BCUT2D eigenvalue weighted by Crippen LogP contribution is 2.38. The number of halogens is 1. The van der Waals surface area contributed by atoms with Gasteiger partial charge < -0.3 is 20.3 Å². The Bertz CT molecular complexity index is 1130. The zero-order valence-corrected chi connectivity index (χ0v) is 22.8. The summed E-state index contributed by atoms with van der Waals surface area (Å²) in [5.74, 6) is -0.704. The molecule has 2 unspecified atom stereocenters. The van der Waals surface area contributed by atoms with Crippen LogP contribution in [-0.4, -0.2) is 40.5 Å². The van der Waals surface area contributed by atoms with Crippen molar-refractivity contribution >= 4 is 35.2 Å². The third kappa shape index (κ3) is 6.58. The van der Waals surface area contributed by atoms with Crippen molar-refractivity contribution in [3.8, 4) is 0 Å². The third-order valence-corrected chi connectivity index (χ3v) is 6.55. The fourth-order valence-corrected chi connectivity index (χ4v) is 4.38. The van der Waals surface area contributed by atoms with Gasteiger partial charge in [-0.1, -0.05) is 41.9 Å². The summed E-state index contributed by atoms with van der Waals surface area (Å²) in [5.41, 5.74) is 3.32. The maximum Gasteiger partial charge on any atom is 0.408 e. The number of amides is 3. The zero-order chi connectivity index (χ0) is 26.8. The van der Waals surface area contributed by atoms with E-state index in [0.717, 1.165) is 35.1 Å². The molecule has 2 aromatic carbocycles. The molecule has 0 aliphatic heterocycles. The van der Waals surface area contributed by atoms with E-state index in [1.807, 2.05) is 51.1 Å². The van der Waals surface area contributed by atoms with E-state index in [1.54, 1.807) is 38.7 Å². The second kappa shape index (κ2) is 10.9. The van der Waals surface area contributed by atoms with Crippen LogP contribution in [0.3, 0.4) is 0 Å². The lowest BCUT2D eigenvalue weighted by Crippen LogP contribution is -2.52. The highest BCUT2D eigenvalue weighted by molar-refractivity contribution is 6.34. The number of carbonyl (C=O) groups excluding carboxylic acids is 3.